The Kier molecular flexibility index (Phi) is 4.25. The van der Waals surface area contributed by atoms with E-state index in [0.29, 0.717) is 23.3 Å². The molecular formula is C16H23NO2. The summed E-state index contributed by atoms with van der Waals surface area (Å²) in [5, 5.41) is 3.35. The Morgan fingerprint density at radius 1 is 1.32 bits per heavy atom. The van der Waals surface area contributed by atoms with Crippen LogP contribution in [-0.2, 0) is 0 Å². The molecule has 2 rings (SSSR count). The largest absolute Gasteiger partial charge is 0.496 e. The molecular weight excluding hydrogens is 238 g/mol. The van der Waals surface area contributed by atoms with Crippen molar-refractivity contribution in [3.8, 4) is 5.75 Å². The van der Waals surface area contributed by atoms with Gasteiger partial charge in [-0.05, 0) is 43.4 Å². The zero-order chi connectivity index (χ0) is 14.0. The fraction of sp³-hybridized carbons (Fsp3) is 0.562. The summed E-state index contributed by atoms with van der Waals surface area (Å²) in [4.78, 5) is 12.5. The Hall–Kier alpha value is -1.35. The predicted octanol–water partition coefficient (Wildman–Crippen LogP) is 3.14. The molecule has 1 atom stereocenters. The van der Waals surface area contributed by atoms with E-state index >= 15 is 0 Å². The molecule has 1 aliphatic carbocycles. The van der Waals surface area contributed by atoms with Crippen molar-refractivity contribution in [1.82, 2.24) is 5.32 Å². The molecule has 0 aromatic heterocycles. The van der Waals surface area contributed by atoms with E-state index in [4.69, 9.17) is 4.74 Å². The van der Waals surface area contributed by atoms with E-state index in [-0.39, 0.29) is 11.8 Å². The minimum Gasteiger partial charge on any atom is -0.496 e. The third-order valence-electron chi connectivity index (χ3n) is 3.61. The molecule has 1 unspecified atom stereocenters. The number of ketones is 1. The third-order valence-corrected chi connectivity index (χ3v) is 3.61. The van der Waals surface area contributed by atoms with Crippen molar-refractivity contribution in [2.45, 2.75) is 51.6 Å². The second-order valence-corrected chi connectivity index (χ2v) is 5.64. The number of rotatable bonds is 6. The first-order valence-electron chi connectivity index (χ1n) is 7.01. The van der Waals surface area contributed by atoms with Crippen molar-refractivity contribution < 1.29 is 9.53 Å². The summed E-state index contributed by atoms with van der Waals surface area (Å²) in [6.07, 6.45) is 2.36. The maximum Gasteiger partial charge on any atom is 0.183 e. The average Bonchev–Trinajstić information content (AvgIpc) is 3.20. The number of methoxy groups -OCH3 is 1. The van der Waals surface area contributed by atoms with E-state index in [1.54, 1.807) is 7.11 Å². The Labute approximate surface area is 115 Å². The smallest absolute Gasteiger partial charge is 0.183 e. The number of benzene rings is 1. The molecule has 19 heavy (non-hydrogen) atoms. The van der Waals surface area contributed by atoms with Gasteiger partial charge in [-0.25, -0.2) is 0 Å². The normalized spacial score (nSPS) is 16.5. The zero-order valence-corrected chi connectivity index (χ0v) is 12.2. The van der Waals surface area contributed by atoms with Gasteiger partial charge in [0.2, 0.25) is 0 Å². The van der Waals surface area contributed by atoms with Crippen molar-refractivity contribution in [3.63, 3.8) is 0 Å². The molecule has 1 aromatic carbocycles. The summed E-state index contributed by atoms with van der Waals surface area (Å²) < 4.78 is 5.32. The Bertz CT molecular complexity index is 464. The second-order valence-electron chi connectivity index (χ2n) is 5.64. The number of carbonyl (C=O) groups is 1. The Balaban J connectivity index is 2.24. The van der Waals surface area contributed by atoms with Crippen LogP contribution < -0.4 is 10.1 Å². The summed E-state index contributed by atoms with van der Waals surface area (Å²) >= 11 is 0. The molecule has 1 saturated carbocycles. The van der Waals surface area contributed by atoms with Crippen molar-refractivity contribution in [2.24, 2.45) is 0 Å². The summed E-state index contributed by atoms with van der Waals surface area (Å²) in [6.45, 7) is 6.19. The van der Waals surface area contributed by atoms with Gasteiger partial charge in [-0.1, -0.05) is 19.9 Å². The number of hydrogen-bond donors (Lipinski definition) is 1. The first-order valence-corrected chi connectivity index (χ1v) is 7.01. The van der Waals surface area contributed by atoms with Crippen LogP contribution >= 0.6 is 0 Å². The van der Waals surface area contributed by atoms with Crippen molar-refractivity contribution in [3.05, 3.63) is 29.3 Å². The molecule has 1 aromatic rings. The SMILES string of the molecule is COc1ccc(C(C)C)cc1C(=O)C(C)NC1CC1. The lowest BCUT2D eigenvalue weighted by Crippen LogP contribution is -2.35. The molecule has 0 bridgehead atoms. The van der Waals surface area contributed by atoms with Crippen LogP contribution in [0, 0.1) is 0 Å². The molecule has 1 aliphatic rings. The fourth-order valence-electron chi connectivity index (χ4n) is 2.19. The summed E-state index contributed by atoms with van der Waals surface area (Å²) in [6, 6.07) is 6.27. The maximum atomic E-state index is 12.5. The van der Waals surface area contributed by atoms with Gasteiger partial charge in [0.05, 0.1) is 18.7 Å². The standard InChI is InChI=1S/C16H23NO2/c1-10(2)12-5-8-15(19-4)14(9-12)16(18)11(3)17-13-6-7-13/h5,8-11,13,17H,6-7H2,1-4H3. The molecule has 0 aliphatic heterocycles. The Morgan fingerprint density at radius 3 is 2.53 bits per heavy atom. The van der Waals surface area contributed by atoms with Crippen LogP contribution in [0.3, 0.4) is 0 Å². The number of Topliss-reactive ketones (excluding diaryl/α,β-unsaturated/α-hetero) is 1. The fourth-order valence-corrected chi connectivity index (χ4v) is 2.19. The lowest BCUT2D eigenvalue weighted by Gasteiger charge is -2.16. The van der Waals surface area contributed by atoms with Gasteiger partial charge in [-0.15, -0.1) is 0 Å². The molecule has 1 fully saturated rings. The molecule has 3 heteroatoms. The van der Waals surface area contributed by atoms with Crippen LogP contribution in [0.5, 0.6) is 5.75 Å². The number of carbonyl (C=O) groups excluding carboxylic acids is 1. The molecule has 0 amide bonds. The number of ether oxygens (including phenoxy) is 1. The van der Waals surface area contributed by atoms with Gasteiger partial charge in [0.25, 0.3) is 0 Å². The highest BCUT2D eigenvalue weighted by atomic mass is 16.5. The van der Waals surface area contributed by atoms with Gasteiger partial charge in [0, 0.05) is 6.04 Å². The maximum absolute atomic E-state index is 12.5. The van der Waals surface area contributed by atoms with E-state index < -0.39 is 0 Å². The lowest BCUT2D eigenvalue weighted by atomic mass is 9.96. The number of nitrogens with one attached hydrogen (secondary N) is 1. The van der Waals surface area contributed by atoms with E-state index in [0.717, 1.165) is 0 Å². The van der Waals surface area contributed by atoms with E-state index in [1.807, 2.05) is 25.1 Å². The average molecular weight is 261 g/mol. The molecule has 0 heterocycles. The first-order chi connectivity index (χ1) is 9.02. The van der Waals surface area contributed by atoms with Crippen LogP contribution in [0.2, 0.25) is 0 Å². The lowest BCUT2D eigenvalue weighted by molar-refractivity contribution is 0.0947. The van der Waals surface area contributed by atoms with Crippen molar-refractivity contribution in [1.29, 1.82) is 0 Å². The van der Waals surface area contributed by atoms with E-state index in [9.17, 15) is 4.79 Å². The van der Waals surface area contributed by atoms with Gasteiger partial charge >= 0.3 is 0 Å². The highest BCUT2D eigenvalue weighted by molar-refractivity contribution is 6.02. The molecule has 0 radical (unpaired) electrons. The summed E-state index contributed by atoms with van der Waals surface area (Å²) in [7, 11) is 1.61. The Morgan fingerprint density at radius 2 is 2.00 bits per heavy atom. The topological polar surface area (TPSA) is 38.3 Å². The summed E-state index contributed by atoms with van der Waals surface area (Å²) in [5.74, 6) is 1.19. The van der Waals surface area contributed by atoms with Crippen LogP contribution in [-0.4, -0.2) is 25.0 Å². The third kappa shape index (κ3) is 3.35. The second kappa shape index (κ2) is 5.74. The van der Waals surface area contributed by atoms with Gasteiger partial charge in [0.15, 0.2) is 5.78 Å². The molecule has 0 saturated heterocycles. The van der Waals surface area contributed by atoms with Gasteiger partial charge < -0.3 is 10.1 Å². The van der Waals surface area contributed by atoms with Crippen LogP contribution in [0.25, 0.3) is 0 Å². The molecule has 3 nitrogen and oxygen atoms in total. The minimum atomic E-state index is -0.149. The highest BCUT2D eigenvalue weighted by Crippen LogP contribution is 2.26. The van der Waals surface area contributed by atoms with Gasteiger partial charge in [-0.3, -0.25) is 4.79 Å². The summed E-state index contributed by atoms with van der Waals surface area (Å²) in [5.41, 5.74) is 1.86. The van der Waals surface area contributed by atoms with Crippen LogP contribution in [0.1, 0.15) is 55.5 Å². The zero-order valence-electron chi connectivity index (χ0n) is 12.2. The predicted molar refractivity (Wildman–Crippen MR) is 77.0 cm³/mol. The molecule has 0 spiro atoms. The van der Waals surface area contributed by atoms with E-state index in [2.05, 4.69) is 19.2 Å². The number of hydrogen-bond acceptors (Lipinski definition) is 3. The van der Waals surface area contributed by atoms with Crippen molar-refractivity contribution >= 4 is 5.78 Å². The van der Waals surface area contributed by atoms with E-state index in [1.165, 1.54) is 18.4 Å². The minimum absolute atomic E-state index is 0.117. The van der Waals surface area contributed by atoms with Gasteiger partial charge in [0.1, 0.15) is 5.75 Å². The quantitative estimate of drug-likeness (QED) is 0.799. The highest BCUT2D eigenvalue weighted by Gasteiger charge is 2.27. The first kappa shape index (κ1) is 14.1. The molecule has 1 N–H and O–H groups in total. The van der Waals surface area contributed by atoms with Gasteiger partial charge in [-0.2, -0.15) is 0 Å². The monoisotopic (exact) mass is 261 g/mol. The van der Waals surface area contributed by atoms with Crippen LogP contribution in [0.4, 0.5) is 0 Å². The van der Waals surface area contributed by atoms with Crippen molar-refractivity contribution in [2.75, 3.05) is 7.11 Å². The molecule has 104 valence electrons. The van der Waals surface area contributed by atoms with Crippen LogP contribution in [0.15, 0.2) is 18.2 Å².